The van der Waals surface area contributed by atoms with E-state index in [2.05, 4.69) is 47.3 Å². The standard InChI is InChI=1S/C15H23BrN2O3/c1-14(2)8-4-5-15(14,3)10(6-8)21-13(20)18-11-9(7-16)17-12(11)19/h8-11H,4-7H2,1-3H3,(H,17,19)(H,18,20)/t8?,9-,10?,11+,15?/m1/s1. The zero-order valence-corrected chi connectivity index (χ0v) is 14.3. The van der Waals surface area contributed by atoms with E-state index < -0.39 is 12.1 Å². The smallest absolute Gasteiger partial charge is 0.408 e. The summed E-state index contributed by atoms with van der Waals surface area (Å²) in [6.45, 7) is 6.80. The second-order valence-corrected chi connectivity index (χ2v) is 8.04. The van der Waals surface area contributed by atoms with Crippen molar-refractivity contribution >= 4 is 27.9 Å². The first kappa shape index (κ1) is 15.1. The second kappa shape index (κ2) is 4.86. The zero-order valence-electron chi connectivity index (χ0n) is 12.7. The van der Waals surface area contributed by atoms with Crippen molar-refractivity contribution in [3.8, 4) is 0 Å². The van der Waals surface area contributed by atoms with Gasteiger partial charge in [0.25, 0.3) is 0 Å². The van der Waals surface area contributed by atoms with Crippen LogP contribution in [0.2, 0.25) is 0 Å². The minimum atomic E-state index is -0.476. The Labute approximate surface area is 133 Å². The SMILES string of the molecule is CC1(C)C2CCC1(C)C(OC(=O)N[C@@H]1C(=O)N[C@@H]1CBr)C2. The summed E-state index contributed by atoms with van der Waals surface area (Å²) >= 11 is 3.32. The van der Waals surface area contributed by atoms with Gasteiger partial charge in [0.15, 0.2) is 0 Å². The van der Waals surface area contributed by atoms with E-state index in [9.17, 15) is 9.59 Å². The molecule has 1 aliphatic heterocycles. The first-order valence-electron chi connectivity index (χ1n) is 7.63. The Hall–Kier alpha value is -0.780. The maximum atomic E-state index is 12.1. The molecule has 118 valence electrons. The van der Waals surface area contributed by atoms with Crippen molar-refractivity contribution < 1.29 is 14.3 Å². The molecule has 2 N–H and O–H groups in total. The lowest BCUT2D eigenvalue weighted by atomic mass is 9.70. The summed E-state index contributed by atoms with van der Waals surface area (Å²) in [4.78, 5) is 23.6. The molecule has 0 radical (unpaired) electrons. The molecule has 5 nitrogen and oxygen atoms in total. The van der Waals surface area contributed by atoms with Crippen LogP contribution in [0.1, 0.15) is 40.0 Å². The van der Waals surface area contributed by atoms with E-state index in [0.717, 1.165) is 12.8 Å². The van der Waals surface area contributed by atoms with E-state index in [1.54, 1.807) is 0 Å². The molecule has 2 amide bonds. The Balaban J connectivity index is 1.61. The molecule has 2 saturated carbocycles. The Morgan fingerprint density at radius 2 is 2.19 bits per heavy atom. The first-order valence-corrected chi connectivity index (χ1v) is 8.75. The maximum Gasteiger partial charge on any atom is 0.408 e. The average molecular weight is 359 g/mol. The van der Waals surface area contributed by atoms with Crippen LogP contribution in [0.3, 0.4) is 0 Å². The number of hydrogen-bond donors (Lipinski definition) is 2. The molecule has 0 aromatic heterocycles. The molecular formula is C15H23BrN2O3. The molecule has 3 rings (SSSR count). The topological polar surface area (TPSA) is 67.4 Å². The lowest BCUT2D eigenvalue weighted by molar-refractivity contribution is -0.131. The van der Waals surface area contributed by atoms with Gasteiger partial charge in [0.2, 0.25) is 5.91 Å². The number of amides is 2. The minimum Gasteiger partial charge on any atom is -0.446 e. The predicted octanol–water partition coefficient (Wildman–Crippen LogP) is 2.19. The van der Waals surface area contributed by atoms with Gasteiger partial charge >= 0.3 is 6.09 Å². The van der Waals surface area contributed by atoms with Crippen LogP contribution in [-0.2, 0) is 9.53 Å². The van der Waals surface area contributed by atoms with Crippen molar-refractivity contribution in [1.82, 2.24) is 10.6 Å². The van der Waals surface area contributed by atoms with Crippen molar-refractivity contribution in [2.75, 3.05) is 5.33 Å². The molecule has 2 bridgehead atoms. The van der Waals surface area contributed by atoms with Crippen LogP contribution in [0.4, 0.5) is 4.79 Å². The monoisotopic (exact) mass is 358 g/mol. The number of fused-ring (bicyclic) bond motifs is 2. The largest absolute Gasteiger partial charge is 0.446 e. The van der Waals surface area contributed by atoms with Gasteiger partial charge in [-0.05, 0) is 30.6 Å². The number of carbonyl (C=O) groups excluding carboxylic acids is 2. The van der Waals surface area contributed by atoms with Gasteiger partial charge in [-0.3, -0.25) is 4.79 Å². The summed E-state index contributed by atoms with van der Waals surface area (Å²) in [7, 11) is 0. The fourth-order valence-corrected chi connectivity index (χ4v) is 4.87. The van der Waals surface area contributed by atoms with E-state index in [1.807, 2.05) is 0 Å². The van der Waals surface area contributed by atoms with Crippen molar-refractivity contribution in [3.05, 3.63) is 0 Å². The van der Waals surface area contributed by atoms with Crippen molar-refractivity contribution in [2.45, 2.75) is 58.2 Å². The molecule has 0 spiro atoms. The molecule has 3 unspecified atom stereocenters. The van der Waals surface area contributed by atoms with Gasteiger partial charge in [0, 0.05) is 10.7 Å². The molecule has 2 aliphatic carbocycles. The fourth-order valence-electron chi connectivity index (χ4n) is 4.33. The third-order valence-electron chi connectivity index (χ3n) is 6.42. The number of alkyl halides is 1. The number of nitrogens with one attached hydrogen (secondary N) is 2. The molecule has 3 aliphatic rings. The number of ether oxygens (including phenoxy) is 1. The first-order chi connectivity index (χ1) is 9.79. The Kier molecular flexibility index (Phi) is 3.50. The highest BCUT2D eigenvalue weighted by Gasteiger charge is 2.63. The molecule has 1 saturated heterocycles. The van der Waals surface area contributed by atoms with Crippen LogP contribution in [-0.4, -0.2) is 35.5 Å². The lowest BCUT2D eigenvalue weighted by Gasteiger charge is -2.39. The van der Waals surface area contributed by atoms with Gasteiger partial charge in [0.05, 0.1) is 6.04 Å². The number of alkyl carbamates (subject to hydrolysis) is 1. The minimum absolute atomic E-state index is 0.0443. The highest BCUT2D eigenvalue weighted by Crippen LogP contribution is 2.66. The maximum absolute atomic E-state index is 12.1. The van der Waals surface area contributed by atoms with Crippen LogP contribution in [0.15, 0.2) is 0 Å². The number of hydrogen-bond acceptors (Lipinski definition) is 3. The van der Waals surface area contributed by atoms with Gasteiger partial charge < -0.3 is 15.4 Å². The third kappa shape index (κ3) is 2.09. The van der Waals surface area contributed by atoms with Crippen LogP contribution < -0.4 is 10.6 Å². The van der Waals surface area contributed by atoms with Crippen LogP contribution >= 0.6 is 15.9 Å². The number of carbonyl (C=O) groups is 2. The molecule has 21 heavy (non-hydrogen) atoms. The second-order valence-electron chi connectivity index (χ2n) is 7.40. The van der Waals surface area contributed by atoms with E-state index >= 15 is 0 Å². The highest BCUT2D eigenvalue weighted by molar-refractivity contribution is 9.09. The summed E-state index contributed by atoms with van der Waals surface area (Å²) in [5, 5.41) is 6.05. The van der Waals surface area contributed by atoms with Gasteiger partial charge in [0.1, 0.15) is 12.1 Å². The predicted molar refractivity (Wildman–Crippen MR) is 82.1 cm³/mol. The Bertz CT molecular complexity index is 482. The zero-order chi connectivity index (χ0) is 15.4. The van der Waals surface area contributed by atoms with Gasteiger partial charge in [-0.2, -0.15) is 0 Å². The summed E-state index contributed by atoms with van der Waals surface area (Å²) < 4.78 is 5.69. The summed E-state index contributed by atoms with van der Waals surface area (Å²) in [5.41, 5.74) is 0.260. The van der Waals surface area contributed by atoms with E-state index in [-0.39, 0.29) is 28.9 Å². The van der Waals surface area contributed by atoms with E-state index in [0.29, 0.717) is 11.2 Å². The fraction of sp³-hybridized carbons (Fsp3) is 0.867. The number of halogens is 1. The highest BCUT2D eigenvalue weighted by atomic mass is 79.9. The molecule has 6 heteroatoms. The number of rotatable bonds is 3. The molecule has 0 aromatic rings. The van der Waals surface area contributed by atoms with Crippen LogP contribution in [0, 0.1) is 16.7 Å². The Morgan fingerprint density at radius 1 is 1.48 bits per heavy atom. The summed E-state index contributed by atoms with van der Waals surface area (Å²) in [5.74, 6) is 0.485. The molecule has 0 aromatic carbocycles. The molecular weight excluding hydrogens is 336 g/mol. The normalized spacial score (nSPS) is 43.1. The molecule has 1 heterocycles. The van der Waals surface area contributed by atoms with Crippen molar-refractivity contribution in [3.63, 3.8) is 0 Å². The quantitative estimate of drug-likeness (QED) is 0.600. The Morgan fingerprint density at radius 3 is 2.67 bits per heavy atom. The van der Waals surface area contributed by atoms with Gasteiger partial charge in [-0.1, -0.05) is 36.7 Å². The van der Waals surface area contributed by atoms with E-state index in [1.165, 1.54) is 6.42 Å². The molecule has 5 atom stereocenters. The van der Waals surface area contributed by atoms with Crippen LogP contribution in [0.25, 0.3) is 0 Å². The van der Waals surface area contributed by atoms with Crippen LogP contribution in [0.5, 0.6) is 0 Å². The number of β-lactam (4-membered cyclic amide) rings is 1. The third-order valence-corrected chi connectivity index (χ3v) is 7.11. The molecule has 3 fully saturated rings. The average Bonchev–Trinajstić information content (AvgIpc) is 2.75. The van der Waals surface area contributed by atoms with Crippen molar-refractivity contribution in [2.24, 2.45) is 16.7 Å². The lowest BCUT2D eigenvalue weighted by Crippen LogP contribution is -2.70. The van der Waals surface area contributed by atoms with E-state index in [4.69, 9.17) is 4.74 Å². The van der Waals surface area contributed by atoms with Crippen molar-refractivity contribution in [1.29, 1.82) is 0 Å². The summed E-state index contributed by atoms with van der Waals surface area (Å²) in [6.07, 6.45) is 2.76. The summed E-state index contributed by atoms with van der Waals surface area (Å²) in [6, 6.07) is -0.520. The van der Waals surface area contributed by atoms with Gasteiger partial charge in [-0.15, -0.1) is 0 Å². The van der Waals surface area contributed by atoms with Gasteiger partial charge in [-0.25, -0.2) is 4.79 Å².